The van der Waals surface area contributed by atoms with Crippen molar-refractivity contribution >= 4 is 0 Å². The molecule has 2 heteroatoms. The van der Waals surface area contributed by atoms with Gasteiger partial charge in [0, 0.05) is 30.6 Å². The van der Waals surface area contributed by atoms with Gasteiger partial charge < -0.3 is 5.73 Å². The van der Waals surface area contributed by atoms with E-state index in [1.807, 2.05) is 0 Å². The first kappa shape index (κ1) is 21.9. The van der Waals surface area contributed by atoms with Crippen molar-refractivity contribution in [2.75, 3.05) is 0 Å². The molecule has 2 aromatic rings. The van der Waals surface area contributed by atoms with Crippen LogP contribution in [-0.4, -0.2) is 17.0 Å². The molecule has 1 saturated carbocycles. The molecule has 33 heavy (non-hydrogen) atoms. The second-order valence-corrected chi connectivity index (χ2v) is 13.3. The molecule has 0 radical (unpaired) electrons. The molecule has 0 bridgehead atoms. The lowest BCUT2D eigenvalue weighted by atomic mass is 9.69. The lowest BCUT2D eigenvalue weighted by Crippen LogP contribution is -2.49. The van der Waals surface area contributed by atoms with Crippen LogP contribution in [0.4, 0.5) is 0 Å². The highest BCUT2D eigenvalue weighted by molar-refractivity contribution is 5.65. The predicted molar refractivity (Wildman–Crippen MR) is 138 cm³/mol. The highest BCUT2D eigenvalue weighted by Crippen LogP contribution is 2.65. The lowest BCUT2D eigenvalue weighted by Gasteiger charge is -2.42. The van der Waals surface area contributed by atoms with E-state index in [1.54, 1.807) is 33.4 Å². The summed E-state index contributed by atoms with van der Waals surface area (Å²) >= 11 is 0. The Kier molecular flexibility index (Phi) is 4.61. The highest BCUT2D eigenvalue weighted by Gasteiger charge is 2.58. The van der Waals surface area contributed by atoms with E-state index in [1.165, 1.54) is 49.7 Å². The summed E-state index contributed by atoms with van der Waals surface area (Å²) in [5.41, 5.74) is 19.9. The minimum atomic E-state index is 0.157. The molecule has 4 aliphatic rings. The quantitative estimate of drug-likeness (QED) is 0.543. The summed E-state index contributed by atoms with van der Waals surface area (Å²) < 4.78 is 0. The van der Waals surface area contributed by atoms with Crippen LogP contribution in [0.3, 0.4) is 0 Å². The molecule has 2 aromatic carbocycles. The smallest absolute Gasteiger partial charge is 0.0254 e. The van der Waals surface area contributed by atoms with Crippen LogP contribution in [0.2, 0.25) is 0 Å². The fourth-order valence-electron chi connectivity index (χ4n) is 8.73. The Balaban J connectivity index is 1.66. The zero-order chi connectivity index (χ0) is 23.3. The monoisotopic (exact) mass is 442 g/mol. The first-order valence-corrected chi connectivity index (χ1v) is 13.3. The molecule has 0 aromatic heterocycles. The van der Waals surface area contributed by atoms with Crippen molar-refractivity contribution in [1.82, 2.24) is 4.90 Å². The summed E-state index contributed by atoms with van der Waals surface area (Å²) in [5, 5.41) is 0. The standard InChI is InChI=1S/C31H42N2/c1-19-11-21-15-33(26-10-8-7-9-25(26)32)16-22-12-20(2)14-24-28(22)31(18-30(24,5)6)17-29(3,4)23(13-19)27(21)31/h11-14,25-26H,7-10,15-18,32H2,1-6H3/t25-,26-,31?/m0/s1. The number of benzene rings is 2. The number of hydrogen-bond acceptors (Lipinski definition) is 2. The van der Waals surface area contributed by atoms with Gasteiger partial charge in [-0.3, -0.25) is 4.90 Å². The maximum atomic E-state index is 6.78. The molecule has 6 rings (SSSR count). The van der Waals surface area contributed by atoms with Gasteiger partial charge in [-0.2, -0.15) is 0 Å². The number of aryl methyl sites for hydroxylation is 2. The topological polar surface area (TPSA) is 29.3 Å². The summed E-state index contributed by atoms with van der Waals surface area (Å²) in [6.45, 7) is 16.7. The van der Waals surface area contributed by atoms with Gasteiger partial charge in [-0.05, 0) is 83.7 Å². The van der Waals surface area contributed by atoms with Gasteiger partial charge in [0.1, 0.15) is 0 Å². The summed E-state index contributed by atoms with van der Waals surface area (Å²) in [4.78, 5) is 2.77. The largest absolute Gasteiger partial charge is 0.326 e. The van der Waals surface area contributed by atoms with Crippen LogP contribution in [0, 0.1) is 13.8 Å². The molecule has 176 valence electrons. The van der Waals surface area contributed by atoms with Crippen molar-refractivity contribution in [1.29, 1.82) is 0 Å². The summed E-state index contributed by atoms with van der Waals surface area (Å²) in [6, 6.07) is 10.9. The Morgan fingerprint density at radius 1 is 0.758 bits per heavy atom. The Morgan fingerprint density at radius 3 is 1.73 bits per heavy atom. The van der Waals surface area contributed by atoms with Crippen LogP contribution in [0.1, 0.15) is 111 Å². The molecule has 2 atom stereocenters. The Morgan fingerprint density at radius 2 is 1.24 bits per heavy atom. The second kappa shape index (κ2) is 6.95. The lowest BCUT2D eigenvalue weighted by molar-refractivity contribution is 0.119. The van der Waals surface area contributed by atoms with E-state index in [-0.39, 0.29) is 16.2 Å². The van der Waals surface area contributed by atoms with Crippen molar-refractivity contribution in [3.05, 3.63) is 68.8 Å². The third-order valence-corrected chi connectivity index (χ3v) is 9.63. The minimum Gasteiger partial charge on any atom is -0.326 e. The van der Waals surface area contributed by atoms with Gasteiger partial charge in [0.2, 0.25) is 0 Å². The van der Waals surface area contributed by atoms with Crippen LogP contribution < -0.4 is 5.73 Å². The summed E-state index contributed by atoms with van der Waals surface area (Å²) in [5.74, 6) is 0. The van der Waals surface area contributed by atoms with Crippen molar-refractivity contribution in [2.45, 2.75) is 121 Å². The molecule has 0 saturated heterocycles. The molecule has 2 nitrogen and oxygen atoms in total. The number of nitrogens with two attached hydrogens (primary N) is 1. The maximum Gasteiger partial charge on any atom is 0.0254 e. The average molecular weight is 443 g/mol. The zero-order valence-electron chi connectivity index (χ0n) is 21.6. The second-order valence-electron chi connectivity index (χ2n) is 13.3. The van der Waals surface area contributed by atoms with E-state index in [9.17, 15) is 0 Å². The first-order chi connectivity index (χ1) is 15.5. The fourth-order valence-corrected chi connectivity index (χ4v) is 8.73. The van der Waals surface area contributed by atoms with E-state index in [4.69, 9.17) is 5.73 Å². The van der Waals surface area contributed by atoms with Crippen LogP contribution in [-0.2, 0) is 29.3 Å². The molecule has 3 aliphatic carbocycles. The van der Waals surface area contributed by atoms with E-state index in [0.717, 1.165) is 13.1 Å². The van der Waals surface area contributed by atoms with Crippen LogP contribution in [0.5, 0.6) is 0 Å². The van der Waals surface area contributed by atoms with E-state index < -0.39 is 0 Å². The molecular formula is C31H42N2. The normalized spacial score (nSPS) is 28.7. The first-order valence-electron chi connectivity index (χ1n) is 13.3. The SMILES string of the molecule is Cc1cc2c3c(c1)C(C)(C)CC31CC(C)(C)c3cc(C)cc(c31)CN([C@H]1CCCC[C@@H]1N)C2. The van der Waals surface area contributed by atoms with Crippen molar-refractivity contribution in [3.63, 3.8) is 0 Å². The van der Waals surface area contributed by atoms with Gasteiger partial charge >= 0.3 is 0 Å². The molecule has 1 fully saturated rings. The molecular weight excluding hydrogens is 400 g/mol. The highest BCUT2D eigenvalue weighted by atomic mass is 15.2. The fraction of sp³-hybridized carbons (Fsp3) is 0.613. The van der Waals surface area contributed by atoms with E-state index in [2.05, 4.69) is 70.7 Å². The van der Waals surface area contributed by atoms with Gasteiger partial charge in [0.25, 0.3) is 0 Å². The maximum absolute atomic E-state index is 6.78. The molecule has 1 aliphatic heterocycles. The van der Waals surface area contributed by atoms with Gasteiger partial charge in [0.05, 0.1) is 0 Å². The van der Waals surface area contributed by atoms with Gasteiger partial charge in [-0.25, -0.2) is 0 Å². The van der Waals surface area contributed by atoms with Crippen molar-refractivity contribution < 1.29 is 0 Å². The summed E-state index contributed by atoms with van der Waals surface area (Å²) in [6.07, 6.45) is 7.49. The Labute approximate surface area is 200 Å². The van der Waals surface area contributed by atoms with Crippen LogP contribution >= 0.6 is 0 Å². The number of nitrogens with zero attached hydrogens (tertiary/aromatic N) is 1. The van der Waals surface area contributed by atoms with E-state index in [0.29, 0.717) is 12.1 Å². The van der Waals surface area contributed by atoms with Gasteiger partial charge in [-0.15, -0.1) is 0 Å². The third kappa shape index (κ3) is 3.06. The molecule has 1 heterocycles. The average Bonchev–Trinajstić information content (AvgIpc) is 3.06. The summed E-state index contributed by atoms with van der Waals surface area (Å²) in [7, 11) is 0. The predicted octanol–water partition coefficient (Wildman–Crippen LogP) is 6.54. The van der Waals surface area contributed by atoms with Crippen LogP contribution in [0.25, 0.3) is 0 Å². The Hall–Kier alpha value is -1.64. The number of rotatable bonds is 1. The number of hydrogen-bond donors (Lipinski definition) is 1. The van der Waals surface area contributed by atoms with Crippen molar-refractivity contribution in [2.24, 2.45) is 5.73 Å². The van der Waals surface area contributed by atoms with Crippen molar-refractivity contribution in [3.8, 4) is 0 Å². The molecule has 0 unspecified atom stereocenters. The third-order valence-electron chi connectivity index (χ3n) is 9.63. The van der Waals surface area contributed by atoms with E-state index >= 15 is 0 Å². The zero-order valence-corrected chi connectivity index (χ0v) is 21.6. The molecule has 2 N–H and O–H groups in total. The van der Waals surface area contributed by atoms with Crippen LogP contribution in [0.15, 0.2) is 24.3 Å². The Bertz CT molecular complexity index is 1060. The minimum absolute atomic E-state index is 0.157. The van der Waals surface area contributed by atoms with Gasteiger partial charge in [-0.1, -0.05) is 75.9 Å². The molecule has 0 amide bonds. The van der Waals surface area contributed by atoms with Gasteiger partial charge in [0.15, 0.2) is 0 Å². The molecule has 1 spiro atoms.